The molecule has 0 saturated carbocycles. The van der Waals surface area contributed by atoms with Crippen LogP contribution in [0.15, 0.2) is 46.9 Å². The lowest BCUT2D eigenvalue weighted by atomic mass is 10.00. The van der Waals surface area contributed by atoms with Gasteiger partial charge in [0.25, 0.3) is 0 Å². The summed E-state index contributed by atoms with van der Waals surface area (Å²) in [5, 5.41) is 6.97. The van der Waals surface area contributed by atoms with Gasteiger partial charge in [0, 0.05) is 10.0 Å². The van der Waals surface area contributed by atoms with E-state index in [1.54, 1.807) is 6.07 Å². The van der Waals surface area contributed by atoms with Gasteiger partial charge in [-0.2, -0.15) is 5.10 Å². The van der Waals surface area contributed by atoms with E-state index in [1.165, 1.54) is 12.1 Å². The molecule has 0 unspecified atom stereocenters. The number of hydrogen-bond donors (Lipinski definition) is 2. The lowest BCUT2D eigenvalue weighted by Gasteiger charge is -2.07. The highest BCUT2D eigenvalue weighted by atomic mass is 79.9. The molecule has 0 aliphatic rings. The second-order valence-electron chi connectivity index (χ2n) is 4.85. The van der Waals surface area contributed by atoms with Gasteiger partial charge in [0.2, 0.25) is 0 Å². The number of nitrogens with two attached hydrogens (primary N) is 1. The van der Waals surface area contributed by atoms with Crippen molar-refractivity contribution < 1.29 is 4.39 Å². The van der Waals surface area contributed by atoms with Crippen molar-refractivity contribution in [2.45, 2.75) is 6.92 Å². The summed E-state index contributed by atoms with van der Waals surface area (Å²) in [6.45, 7) is 2.02. The monoisotopic (exact) mass is 345 g/mol. The summed E-state index contributed by atoms with van der Waals surface area (Å²) in [6.07, 6.45) is 0. The van der Waals surface area contributed by atoms with Crippen molar-refractivity contribution in [3.8, 4) is 22.4 Å². The first-order chi connectivity index (χ1) is 10.1. The van der Waals surface area contributed by atoms with Gasteiger partial charge in [0.1, 0.15) is 5.82 Å². The van der Waals surface area contributed by atoms with Crippen molar-refractivity contribution in [3.63, 3.8) is 0 Å². The largest absolute Gasteiger partial charge is 0.382 e. The molecule has 0 aliphatic heterocycles. The lowest BCUT2D eigenvalue weighted by Crippen LogP contribution is -1.90. The van der Waals surface area contributed by atoms with E-state index in [4.69, 9.17) is 5.73 Å². The molecule has 3 nitrogen and oxygen atoms in total. The summed E-state index contributed by atoms with van der Waals surface area (Å²) in [5.74, 6) is 0.0845. The molecule has 3 aromatic rings. The van der Waals surface area contributed by atoms with Gasteiger partial charge in [-0.1, -0.05) is 45.8 Å². The van der Waals surface area contributed by atoms with E-state index >= 15 is 0 Å². The molecule has 0 atom stereocenters. The summed E-state index contributed by atoms with van der Waals surface area (Å²) in [4.78, 5) is 0. The van der Waals surface area contributed by atoms with Crippen molar-refractivity contribution in [2.75, 3.05) is 5.73 Å². The highest BCUT2D eigenvalue weighted by Crippen LogP contribution is 2.38. The van der Waals surface area contributed by atoms with Gasteiger partial charge in [-0.05, 0) is 30.7 Å². The maximum absolute atomic E-state index is 13.5. The Morgan fingerprint density at radius 3 is 2.57 bits per heavy atom. The molecule has 1 heterocycles. The van der Waals surface area contributed by atoms with Crippen LogP contribution in [0.1, 0.15) is 5.56 Å². The predicted octanol–water partition coefficient (Wildman–Crippen LogP) is 4.54. The fraction of sp³-hybridized carbons (Fsp3) is 0.0625. The normalized spacial score (nSPS) is 10.8. The first-order valence-corrected chi connectivity index (χ1v) is 7.22. The van der Waals surface area contributed by atoms with Gasteiger partial charge >= 0.3 is 0 Å². The number of aromatic amines is 1. The fourth-order valence-corrected chi connectivity index (χ4v) is 2.70. The molecule has 2 aromatic carbocycles. The Bertz CT molecular complexity index is 794. The molecule has 106 valence electrons. The molecule has 5 heteroatoms. The second-order valence-corrected chi connectivity index (χ2v) is 5.70. The van der Waals surface area contributed by atoms with E-state index < -0.39 is 0 Å². The van der Waals surface area contributed by atoms with Crippen LogP contribution in [0, 0.1) is 12.7 Å². The van der Waals surface area contributed by atoms with Gasteiger partial charge in [0.15, 0.2) is 5.82 Å². The highest BCUT2D eigenvalue weighted by molar-refractivity contribution is 9.10. The zero-order valence-corrected chi connectivity index (χ0v) is 12.9. The number of hydrogen-bond acceptors (Lipinski definition) is 2. The number of nitrogens with zero attached hydrogens (tertiary/aromatic N) is 1. The minimum Gasteiger partial charge on any atom is -0.382 e. The van der Waals surface area contributed by atoms with Crippen LogP contribution >= 0.6 is 15.9 Å². The van der Waals surface area contributed by atoms with Crippen LogP contribution in [0.4, 0.5) is 10.2 Å². The molecule has 0 spiro atoms. The third-order valence-corrected chi connectivity index (χ3v) is 4.02. The summed E-state index contributed by atoms with van der Waals surface area (Å²) in [5.41, 5.74) is 10.3. The minimum absolute atomic E-state index is 0.309. The molecule has 0 radical (unpaired) electrons. The Morgan fingerprint density at radius 2 is 1.86 bits per heavy atom. The molecule has 21 heavy (non-hydrogen) atoms. The van der Waals surface area contributed by atoms with Crippen LogP contribution < -0.4 is 5.73 Å². The summed E-state index contributed by atoms with van der Waals surface area (Å²) in [6, 6.07) is 12.5. The van der Waals surface area contributed by atoms with Crippen molar-refractivity contribution in [1.82, 2.24) is 10.2 Å². The van der Waals surface area contributed by atoms with Gasteiger partial charge in [-0.25, -0.2) is 4.39 Å². The van der Waals surface area contributed by atoms with Gasteiger partial charge in [0.05, 0.1) is 11.3 Å². The third kappa shape index (κ3) is 2.56. The van der Waals surface area contributed by atoms with E-state index in [2.05, 4.69) is 26.1 Å². The predicted molar refractivity (Wildman–Crippen MR) is 86.3 cm³/mol. The Kier molecular flexibility index (Phi) is 3.51. The fourth-order valence-electron chi connectivity index (χ4n) is 2.25. The molecule has 3 rings (SSSR count). The molecular formula is C16H13BrFN3. The van der Waals surface area contributed by atoms with E-state index in [0.717, 1.165) is 21.2 Å². The number of aromatic nitrogens is 2. The molecular weight excluding hydrogens is 333 g/mol. The smallest absolute Gasteiger partial charge is 0.153 e. The van der Waals surface area contributed by atoms with Crippen molar-refractivity contribution in [2.24, 2.45) is 0 Å². The van der Waals surface area contributed by atoms with Gasteiger partial charge in [-0.3, -0.25) is 5.10 Å². The Morgan fingerprint density at radius 1 is 1.14 bits per heavy atom. The number of halogens is 2. The molecule has 0 saturated heterocycles. The molecule has 3 N–H and O–H groups in total. The van der Waals surface area contributed by atoms with Crippen LogP contribution in [0.3, 0.4) is 0 Å². The number of H-pyrrole nitrogens is 1. The van der Waals surface area contributed by atoms with Crippen molar-refractivity contribution in [1.29, 1.82) is 0 Å². The van der Waals surface area contributed by atoms with Gasteiger partial charge in [-0.15, -0.1) is 0 Å². The Labute approximate surface area is 130 Å². The molecule has 1 aromatic heterocycles. The van der Waals surface area contributed by atoms with Crippen LogP contribution in [0.5, 0.6) is 0 Å². The average molecular weight is 346 g/mol. The molecule has 0 aliphatic carbocycles. The van der Waals surface area contributed by atoms with E-state index in [0.29, 0.717) is 17.1 Å². The first kappa shape index (κ1) is 13.8. The molecule has 0 fully saturated rings. The third-order valence-electron chi connectivity index (χ3n) is 3.33. The molecule has 0 bridgehead atoms. The second kappa shape index (κ2) is 5.33. The average Bonchev–Trinajstić information content (AvgIpc) is 2.84. The summed E-state index contributed by atoms with van der Waals surface area (Å²) >= 11 is 3.44. The quantitative estimate of drug-likeness (QED) is 0.716. The topological polar surface area (TPSA) is 54.7 Å². The Balaban J connectivity index is 2.21. The maximum Gasteiger partial charge on any atom is 0.153 e. The number of benzene rings is 2. The van der Waals surface area contributed by atoms with E-state index in [9.17, 15) is 4.39 Å². The van der Waals surface area contributed by atoms with E-state index in [-0.39, 0.29) is 5.82 Å². The van der Waals surface area contributed by atoms with Crippen LogP contribution in [0.2, 0.25) is 0 Å². The SMILES string of the molecule is Cc1ccc(-c2c(N)n[nH]c2-c2cc(F)ccc2Br)cc1. The maximum atomic E-state index is 13.5. The van der Waals surface area contributed by atoms with Crippen molar-refractivity contribution in [3.05, 3.63) is 58.3 Å². The van der Waals surface area contributed by atoms with Crippen LogP contribution in [0.25, 0.3) is 22.4 Å². The van der Waals surface area contributed by atoms with E-state index in [1.807, 2.05) is 31.2 Å². The summed E-state index contributed by atoms with van der Waals surface area (Å²) in [7, 11) is 0. The van der Waals surface area contributed by atoms with Crippen LogP contribution in [-0.2, 0) is 0 Å². The minimum atomic E-state index is -0.309. The highest BCUT2D eigenvalue weighted by Gasteiger charge is 2.17. The number of aryl methyl sites for hydroxylation is 1. The summed E-state index contributed by atoms with van der Waals surface area (Å²) < 4.78 is 14.3. The number of nitrogens with one attached hydrogen (secondary N) is 1. The standard InChI is InChI=1S/C16H13BrFN3/c1-9-2-4-10(5-3-9)14-15(20-21-16(14)19)12-8-11(18)6-7-13(12)17/h2-8H,1H3,(H3,19,20,21). The van der Waals surface area contributed by atoms with Crippen LogP contribution in [-0.4, -0.2) is 10.2 Å². The van der Waals surface area contributed by atoms with Crippen molar-refractivity contribution >= 4 is 21.7 Å². The Hall–Kier alpha value is -2.14. The number of anilines is 1. The molecule has 0 amide bonds. The number of nitrogen functional groups attached to an aromatic ring is 1. The van der Waals surface area contributed by atoms with Gasteiger partial charge < -0.3 is 5.73 Å². The lowest BCUT2D eigenvalue weighted by molar-refractivity contribution is 0.628. The zero-order chi connectivity index (χ0) is 15.0. The zero-order valence-electron chi connectivity index (χ0n) is 11.3. The number of rotatable bonds is 2. The first-order valence-electron chi connectivity index (χ1n) is 6.42.